The summed E-state index contributed by atoms with van der Waals surface area (Å²) in [5, 5.41) is 11.3. The first-order valence-corrected chi connectivity index (χ1v) is 9.30. The zero-order valence-electron chi connectivity index (χ0n) is 15.6. The van der Waals surface area contributed by atoms with E-state index < -0.39 is 5.91 Å². The number of nitrogens with one attached hydrogen (secondary N) is 1. The number of aryl methyl sites for hydroxylation is 1. The summed E-state index contributed by atoms with van der Waals surface area (Å²) >= 11 is 0. The van der Waals surface area contributed by atoms with E-state index in [9.17, 15) is 9.59 Å². The fraction of sp³-hybridized carbons (Fsp3) is 0.300. The second-order valence-corrected chi connectivity index (χ2v) is 6.99. The standard InChI is InChI=1S/C20H22N6O2/c1-25-18(12-14(24-25)13-7-3-2-4-8-13)20(28)26-10-6-5-9-17(26)15-11-16(19(21)27)23-22-15/h2-4,7-8,11-12,17H,5-6,9-10H2,1H3,(H2,21,27)(H,22,23). The molecule has 1 aromatic carbocycles. The quantitative estimate of drug-likeness (QED) is 0.725. The smallest absolute Gasteiger partial charge is 0.272 e. The first kappa shape index (κ1) is 18.0. The minimum absolute atomic E-state index is 0.0860. The summed E-state index contributed by atoms with van der Waals surface area (Å²) in [6.45, 7) is 0.639. The van der Waals surface area contributed by atoms with Gasteiger partial charge in [-0.05, 0) is 31.4 Å². The van der Waals surface area contributed by atoms with Crippen LogP contribution >= 0.6 is 0 Å². The van der Waals surface area contributed by atoms with E-state index in [1.807, 2.05) is 41.3 Å². The van der Waals surface area contributed by atoms with Crippen molar-refractivity contribution in [3.8, 4) is 11.3 Å². The van der Waals surface area contributed by atoms with Gasteiger partial charge in [-0.25, -0.2) is 0 Å². The van der Waals surface area contributed by atoms with Crippen LogP contribution in [0.5, 0.6) is 0 Å². The number of nitrogens with zero attached hydrogens (tertiary/aromatic N) is 4. The molecule has 1 saturated heterocycles. The third-order valence-corrected chi connectivity index (χ3v) is 5.14. The predicted molar refractivity (Wildman–Crippen MR) is 103 cm³/mol. The maximum Gasteiger partial charge on any atom is 0.272 e. The highest BCUT2D eigenvalue weighted by atomic mass is 16.2. The zero-order valence-corrected chi connectivity index (χ0v) is 15.6. The molecule has 3 aromatic rings. The number of H-pyrrole nitrogens is 1. The lowest BCUT2D eigenvalue weighted by atomic mass is 9.98. The van der Waals surface area contributed by atoms with Crippen molar-refractivity contribution in [2.45, 2.75) is 25.3 Å². The van der Waals surface area contributed by atoms with Gasteiger partial charge in [-0.2, -0.15) is 10.2 Å². The first-order chi connectivity index (χ1) is 13.5. The predicted octanol–water partition coefficient (Wildman–Crippen LogP) is 2.28. The maximum absolute atomic E-state index is 13.3. The molecule has 0 aliphatic carbocycles. The Hall–Kier alpha value is -3.42. The van der Waals surface area contributed by atoms with Crippen LogP contribution < -0.4 is 5.73 Å². The summed E-state index contributed by atoms with van der Waals surface area (Å²) < 4.78 is 1.62. The lowest BCUT2D eigenvalue weighted by Gasteiger charge is -2.35. The van der Waals surface area contributed by atoms with Crippen molar-refractivity contribution in [2.75, 3.05) is 6.54 Å². The fourth-order valence-corrected chi connectivity index (χ4v) is 3.70. The summed E-state index contributed by atoms with van der Waals surface area (Å²) in [6, 6.07) is 13.1. The van der Waals surface area contributed by atoms with E-state index in [0.29, 0.717) is 12.2 Å². The van der Waals surface area contributed by atoms with Gasteiger partial charge in [-0.15, -0.1) is 0 Å². The normalized spacial score (nSPS) is 16.9. The highest BCUT2D eigenvalue weighted by Gasteiger charge is 2.32. The number of benzene rings is 1. The molecule has 3 N–H and O–H groups in total. The lowest BCUT2D eigenvalue weighted by molar-refractivity contribution is 0.0594. The van der Waals surface area contributed by atoms with E-state index in [1.165, 1.54) is 0 Å². The molecule has 1 aliphatic heterocycles. The van der Waals surface area contributed by atoms with Crippen LogP contribution in [0.15, 0.2) is 42.5 Å². The minimum Gasteiger partial charge on any atom is -0.364 e. The van der Waals surface area contributed by atoms with Gasteiger partial charge in [0.2, 0.25) is 0 Å². The van der Waals surface area contributed by atoms with Crippen LogP contribution in [0.1, 0.15) is 52.0 Å². The Kier molecular flexibility index (Phi) is 4.68. The van der Waals surface area contributed by atoms with Gasteiger partial charge in [0.25, 0.3) is 11.8 Å². The average Bonchev–Trinajstić information content (AvgIpc) is 3.35. The summed E-state index contributed by atoms with van der Waals surface area (Å²) in [7, 11) is 1.78. The number of amides is 2. The number of aromatic amines is 1. The molecule has 2 aromatic heterocycles. The molecule has 0 saturated carbocycles. The largest absolute Gasteiger partial charge is 0.364 e. The van der Waals surface area contributed by atoms with E-state index in [-0.39, 0.29) is 17.6 Å². The van der Waals surface area contributed by atoms with Crippen LogP contribution in [0.4, 0.5) is 0 Å². The monoisotopic (exact) mass is 378 g/mol. The number of hydrogen-bond acceptors (Lipinski definition) is 4. The number of likely N-dealkylation sites (tertiary alicyclic amines) is 1. The average molecular weight is 378 g/mol. The molecule has 8 nitrogen and oxygen atoms in total. The Morgan fingerprint density at radius 3 is 2.68 bits per heavy atom. The highest BCUT2D eigenvalue weighted by molar-refractivity contribution is 5.94. The lowest BCUT2D eigenvalue weighted by Crippen LogP contribution is -2.39. The van der Waals surface area contributed by atoms with Crippen molar-refractivity contribution >= 4 is 11.8 Å². The van der Waals surface area contributed by atoms with Gasteiger partial charge in [-0.1, -0.05) is 30.3 Å². The Morgan fingerprint density at radius 1 is 1.18 bits per heavy atom. The maximum atomic E-state index is 13.3. The van der Waals surface area contributed by atoms with E-state index in [0.717, 1.165) is 36.2 Å². The molecular weight excluding hydrogens is 356 g/mol. The van der Waals surface area contributed by atoms with Crippen LogP contribution in [0.25, 0.3) is 11.3 Å². The van der Waals surface area contributed by atoms with Crippen molar-refractivity contribution in [1.82, 2.24) is 24.9 Å². The zero-order chi connectivity index (χ0) is 19.7. The Morgan fingerprint density at radius 2 is 1.96 bits per heavy atom. The Bertz CT molecular complexity index is 1010. The van der Waals surface area contributed by atoms with Crippen LogP contribution in [0.2, 0.25) is 0 Å². The van der Waals surface area contributed by atoms with E-state index in [4.69, 9.17) is 5.73 Å². The SMILES string of the molecule is Cn1nc(-c2ccccc2)cc1C(=O)N1CCCCC1c1cc(C(N)=O)n[nH]1. The van der Waals surface area contributed by atoms with Crippen LogP contribution in [-0.2, 0) is 7.05 Å². The molecule has 0 bridgehead atoms. The highest BCUT2D eigenvalue weighted by Crippen LogP contribution is 2.32. The Labute approximate surface area is 162 Å². The number of nitrogens with two attached hydrogens (primary N) is 1. The molecule has 1 atom stereocenters. The molecule has 3 heterocycles. The van der Waals surface area contributed by atoms with Crippen molar-refractivity contribution in [3.05, 3.63) is 59.5 Å². The molecule has 4 rings (SSSR count). The number of rotatable bonds is 4. The molecule has 1 aliphatic rings. The summed E-state index contributed by atoms with van der Waals surface area (Å²) in [4.78, 5) is 26.5. The topological polar surface area (TPSA) is 110 Å². The van der Waals surface area contributed by atoms with Crippen molar-refractivity contribution in [1.29, 1.82) is 0 Å². The Balaban J connectivity index is 1.64. The van der Waals surface area contributed by atoms with Crippen LogP contribution in [0.3, 0.4) is 0 Å². The molecule has 1 unspecified atom stereocenters. The molecule has 8 heteroatoms. The number of hydrogen-bond donors (Lipinski definition) is 2. The molecular formula is C20H22N6O2. The van der Waals surface area contributed by atoms with Crippen LogP contribution in [-0.4, -0.2) is 43.2 Å². The molecule has 2 amide bonds. The van der Waals surface area contributed by atoms with E-state index in [1.54, 1.807) is 17.8 Å². The molecule has 0 spiro atoms. The molecule has 1 fully saturated rings. The third kappa shape index (κ3) is 3.28. The number of aromatic nitrogens is 4. The van der Waals surface area contributed by atoms with Gasteiger partial charge in [0, 0.05) is 19.2 Å². The third-order valence-electron chi connectivity index (χ3n) is 5.14. The van der Waals surface area contributed by atoms with E-state index in [2.05, 4.69) is 15.3 Å². The second-order valence-electron chi connectivity index (χ2n) is 6.99. The van der Waals surface area contributed by atoms with Crippen molar-refractivity contribution in [2.24, 2.45) is 12.8 Å². The number of carbonyl (C=O) groups excluding carboxylic acids is 2. The molecule has 0 radical (unpaired) electrons. The van der Waals surface area contributed by atoms with E-state index >= 15 is 0 Å². The molecule has 28 heavy (non-hydrogen) atoms. The van der Waals surface area contributed by atoms with Gasteiger partial charge in [0.15, 0.2) is 0 Å². The van der Waals surface area contributed by atoms with Gasteiger partial charge < -0.3 is 10.6 Å². The van der Waals surface area contributed by atoms with Gasteiger partial charge in [0.1, 0.15) is 11.4 Å². The minimum atomic E-state index is -0.588. The number of carbonyl (C=O) groups is 2. The molecule has 144 valence electrons. The van der Waals surface area contributed by atoms with Crippen molar-refractivity contribution < 1.29 is 9.59 Å². The second kappa shape index (κ2) is 7.30. The summed E-state index contributed by atoms with van der Waals surface area (Å²) in [6.07, 6.45) is 2.73. The summed E-state index contributed by atoms with van der Waals surface area (Å²) in [5.74, 6) is -0.674. The van der Waals surface area contributed by atoms with Gasteiger partial charge in [0.05, 0.1) is 17.4 Å². The van der Waals surface area contributed by atoms with Crippen LogP contribution in [0, 0.1) is 0 Å². The fourth-order valence-electron chi connectivity index (χ4n) is 3.70. The number of primary amides is 1. The van der Waals surface area contributed by atoms with Crippen molar-refractivity contribution in [3.63, 3.8) is 0 Å². The van der Waals surface area contributed by atoms with Gasteiger partial charge >= 0.3 is 0 Å². The first-order valence-electron chi connectivity index (χ1n) is 9.30. The number of piperidine rings is 1. The van der Waals surface area contributed by atoms with Gasteiger partial charge in [-0.3, -0.25) is 19.4 Å². The summed E-state index contributed by atoms with van der Waals surface area (Å²) in [5.41, 5.74) is 8.47.